The number of fused-ring (bicyclic) bond motifs is 2. The summed E-state index contributed by atoms with van der Waals surface area (Å²) in [5.41, 5.74) is -0.467. The Morgan fingerprint density at radius 3 is 1.48 bits per heavy atom. The van der Waals surface area contributed by atoms with Gasteiger partial charge in [-0.1, -0.05) is 13.8 Å². The van der Waals surface area contributed by atoms with Gasteiger partial charge in [-0.15, -0.1) is 0 Å². The molecule has 4 aliphatic heterocycles. The Balaban J connectivity index is 1.51. The Bertz CT molecular complexity index is 460. The van der Waals surface area contributed by atoms with Crippen LogP contribution in [0.15, 0.2) is 0 Å². The van der Waals surface area contributed by atoms with Crippen molar-refractivity contribution in [2.75, 3.05) is 13.2 Å². The Labute approximate surface area is 138 Å². The van der Waals surface area contributed by atoms with Crippen LogP contribution in [0.4, 0.5) is 0 Å². The molecule has 132 valence electrons. The van der Waals surface area contributed by atoms with E-state index in [1.54, 1.807) is 0 Å². The Hall–Kier alpha value is -0.200. The summed E-state index contributed by atoms with van der Waals surface area (Å²) in [5, 5.41) is 0. The van der Waals surface area contributed by atoms with Crippen LogP contribution >= 0.6 is 0 Å². The van der Waals surface area contributed by atoms with Gasteiger partial charge in [0.2, 0.25) is 0 Å². The van der Waals surface area contributed by atoms with Crippen LogP contribution in [0, 0.1) is 10.8 Å². The summed E-state index contributed by atoms with van der Waals surface area (Å²) >= 11 is 0. The fourth-order valence-corrected chi connectivity index (χ4v) is 5.34. The lowest BCUT2D eigenvalue weighted by atomic mass is 9.78. The summed E-state index contributed by atoms with van der Waals surface area (Å²) in [7, 11) is 0. The molecule has 0 N–H and O–H groups in total. The van der Waals surface area contributed by atoms with Gasteiger partial charge in [-0.2, -0.15) is 0 Å². The SMILES string of the molecule is CC1(C)C[C@@]2(C)[C@H](O[C@@H]3OC[C@H]4OC(C)(C)C[C@@]34C)OC[C@H]2O1. The van der Waals surface area contributed by atoms with Crippen molar-refractivity contribution in [2.24, 2.45) is 10.8 Å². The monoisotopic (exact) mass is 326 g/mol. The quantitative estimate of drug-likeness (QED) is 0.781. The summed E-state index contributed by atoms with van der Waals surface area (Å²) in [6.45, 7) is 14.2. The van der Waals surface area contributed by atoms with Crippen LogP contribution in [0.5, 0.6) is 0 Å². The zero-order valence-corrected chi connectivity index (χ0v) is 15.2. The number of hydrogen-bond donors (Lipinski definition) is 0. The molecule has 0 aromatic carbocycles. The molecule has 0 aromatic heterocycles. The van der Waals surface area contributed by atoms with Crippen LogP contribution in [0.1, 0.15) is 54.4 Å². The predicted octanol–water partition coefficient (Wildman–Crippen LogP) is 2.86. The molecular weight excluding hydrogens is 296 g/mol. The highest BCUT2D eigenvalue weighted by Gasteiger charge is 2.63. The molecule has 0 unspecified atom stereocenters. The molecule has 0 aliphatic carbocycles. The third-order valence-corrected chi connectivity index (χ3v) is 6.13. The molecule has 6 atom stereocenters. The average molecular weight is 326 g/mol. The first-order chi connectivity index (χ1) is 10.5. The van der Waals surface area contributed by atoms with Gasteiger partial charge in [0.05, 0.1) is 36.6 Å². The molecule has 0 spiro atoms. The van der Waals surface area contributed by atoms with Gasteiger partial charge in [0.15, 0.2) is 12.6 Å². The smallest absolute Gasteiger partial charge is 0.168 e. The maximum atomic E-state index is 6.39. The van der Waals surface area contributed by atoms with Crippen LogP contribution in [0.3, 0.4) is 0 Å². The molecule has 4 heterocycles. The van der Waals surface area contributed by atoms with Crippen molar-refractivity contribution < 1.29 is 23.7 Å². The summed E-state index contributed by atoms with van der Waals surface area (Å²) in [5.74, 6) is 0. The van der Waals surface area contributed by atoms with Crippen LogP contribution in [0.2, 0.25) is 0 Å². The molecular formula is C18H30O5. The zero-order valence-electron chi connectivity index (χ0n) is 15.2. The molecule has 4 aliphatic rings. The summed E-state index contributed by atoms with van der Waals surface area (Å²) < 4.78 is 30.6. The molecule has 4 rings (SSSR count). The summed E-state index contributed by atoms with van der Waals surface area (Å²) in [4.78, 5) is 0. The second kappa shape index (κ2) is 4.70. The van der Waals surface area contributed by atoms with E-state index in [1.165, 1.54) is 0 Å². The predicted molar refractivity (Wildman–Crippen MR) is 83.9 cm³/mol. The molecule has 4 fully saturated rings. The van der Waals surface area contributed by atoms with Gasteiger partial charge in [-0.25, -0.2) is 0 Å². The van der Waals surface area contributed by atoms with Crippen LogP contribution in [0.25, 0.3) is 0 Å². The van der Waals surface area contributed by atoms with Gasteiger partial charge in [0, 0.05) is 10.8 Å². The standard InChI is InChI=1S/C18H30O5/c1-15(2)9-17(5)11(22-15)7-19-13(17)21-14-18(6)10-16(3,4)23-12(18)8-20-14/h11-14H,7-10H2,1-6H3/t11-,12-,13+,14+,17-,18-/m1/s1. The van der Waals surface area contributed by atoms with Gasteiger partial charge in [0.25, 0.3) is 0 Å². The molecule has 4 saturated heterocycles. The van der Waals surface area contributed by atoms with Crippen molar-refractivity contribution in [3.63, 3.8) is 0 Å². The minimum atomic E-state index is -0.279. The van der Waals surface area contributed by atoms with E-state index in [-0.39, 0.29) is 46.8 Å². The lowest BCUT2D eigenvalue weighted by Crippen LogP contribution is -2.43. The van der Waals surface area contributed by atoms with Crippen LogP contribution in [-0.2, 0) is 23.7 Å². The molecule has 23 heavy (non-hydrogen) atoms. The molecule has 0 saturated carbocycles. The first kappa shape index (κ1) is 16.3. The first-order valence-electron chi connectivity index (χ1n) is 8.79. The van der Waals surface area contributed by atoms with E-state index in [0.717, 1.165) is 12.8 Å². The van der Waals surface area contributed by atoms with Crippen molar-refractivity contribution in [1.82, 2.24) is 0 Å². The lowest BCUT2D eigenvalue weighted by Gasteiger charge is -2.35. The van der Waals surface area contributed by atoms with Crippen molar-refractivity contribution in [2.45, 2.75) is 90.4 Å². The fourth-order valence-electron chi connectivity index (χ4n) is 5.34. The van der Waals surface area contributed by atoms with Gasteiger partial charge >= 0.3 is 0 Å². The molecule has 0 bridgehead atoms. The highest BCUT2D eigenvalue weighted by atomic mass is 16.8. The van der Waals surface area contributed by atoms with Crippen molar-refractivity contribution >= 4 is 0 Å². The minimum Gasteiger partial charge on any atom is -0.369 e. The maximum absolute atomic E-state index is 6.39. The Morgan fingerprint density at radius 2 is 1.09 bits per heavy atom. The normalized spacial score (nSPS) is 53.5. The third kappa shape index (κ3) is 2.39. The highest BCUT2D eigenvalue weighted by molar-refractivity contribution is 5.05. The molecule has 0 aromatic rings. The largest absolute Gasteiger partial charge is 0.369 e. The van der Waals surface area contributed by atoms with Crippen molar-refractivity contribution in [3.8, 4) is 0 Å². The minimum absolute atomic E-state index is 0.101. The molecule has 0 amide bonds. The fraction of sp³-hybridized carbons (Fsp3) is 1.00. The van der Waals surface area contributed by atoms with Gasteiger partial charge in [-0.05, 0) is 40.5 Å². The first-order valence-corrected chi connectivity index (χ1v) is 8.79. The van der Waals surface area contributed by atoms with Gasteiger partial charge < -0.3 is 23.7 Å². The molecule has 5 nitrogen and oxygen atoms in total. The van der Waals surface area contributed by atoms with Crippen molar-refractivity contribution in [1.29, 1.82) is 0 Å². The molecule has 5 heteroatoms. The topological polar surface area (TPSA) is 46.2 Å². The summed E-state index contributed by atoms with van der Waals surface area (Å²) in [6.07, 6.45) is 1.51. The highest BCUT2D eigenvalue weighted by Crippen LogP contribution is 2.55. The Kier molecular flexibility index (Phi) is 3.33. The maximum Gasteiger partial charge on any atom is 0.168 e. The zero-order chi connectivity index (χ0) is 16.7. The van der Waals surface area contributed by atoms with Crippen molar-refractivity contribution in [3.05, 3.63) is 0 Å². The van der Waals surface area contributed by atoms with E-state index in [4.69, 9.17) is 23.7 Å². The van der Waals surface area contributed by atoms with E-state index in [0.29, 0.717) is 13.2 Å². The Morgan fingerprint density at radius 1 is 0.696 bits per heavy atom. The van der Waals surface area contributed by atoms with E-state index >= 15 is 0 Å². The number of ether oxygens (including phenoxy) is 5. The van der Waals surface area contributed by atoms with Crippen LogP contribution < -0.4 is 0 Å². The van der Waals surface area contributed by atoms with Gasteiger partial charge in [0.1, 0.15) is 0 Å². The van der Waals surface area contributed by atoms with E-state index in [9.17, 15) is 0 Å². The second-order valence-corrected chi connectivity index (χ2v) is 9.56. The number of rotatable bonds is 2. The number of hydrogen-bond acceptors (Lipinski definition) is 5. The van der Waals surface area contributed by atoms with E-state index in [2.05, 4.69) is 41.5 Å². The average Bonchev–Trinajstić information content (AvgIpc) is 2.97. The lowest BCUT2D eigenvalue weighted by molar-refractivity contribution is -0.267. The van der Waals surface area contributed by atoms with E-state index in [1.807, 2.05) is 0 Å². The third-order valence-electron chi connectivity index (χ3n) is 6.13. The van der Waals surface area contributed by atoms with Gasteiger partial charge in [-0.3, -0.25) is 0 Å². The van der Waals surface area contributed by atoms with Crippen LogP contribution in [-0.4, -0.2) is 49.2 Å². The molecule has 0 radical (unpaired) electrons. The summed E-state index contributed by atoms with van der Waals surface area (Å²) in [6, 6.07) is 0. The van der Waals surface area contributed by atoms with E-state index < -0.39 is 0 Å². The second-order valence-electron chi connectivity index (χ2n) is 9.56.